The van der Waals surface area contributed by atoms with E-state index in [1.807, 2.05) is 0 Å². The van der Waals surface area contributed by atoms with E-state index in [-0.39, 0.29) is 0 Å². The molecule has 1 heteroatoms. The van der Waals surface area contributed by atoms with Crippen molar-refractivity contribution < 1.29 is 0 Å². The van der Waals surface area contributed by atoms with Gasteiger partial charge in [-0.05, 0) is 49.9 Å². The van der Waals surface area contributed by atoms with Crippen molar-refractivity contribution in [3.05, 3.63) is 0 Å². The third kappa shape index (κ3) is 1.95. The van der Waals surface area contributed by atoms with Crippen LogP contribution in [-0.4, -0.2) is 12.1 Å². The molecule has 3 aliphatic rings. The standard InChI is InChI=1S/C14H25N/c1-10-4-2-3-5-13(10)15-14-9-11-6-7-12(14)8-11/h10-15H,2-9H2,1H3. The van der Waals surface area contributed by atoms with Gasteiger partial charge in [-0.2, -0.15) is 0 Å². The fourth-order valence-corrected chi connectivity index (χ4v) is 4.29. The zero-order valence-electron chi connectivity index (χ0n) is 10.0. The van der Waals surface area contributed by atoms with Gasteiger partial charge in [0.1, 0.15) is 0 Å². The first-order valence-electron chi connectivity index (χ1n) is 7.09. The molecule has 2 bridgehead atoms. The SMILES string of the molecule is CC1CCCCC1NC1CC2CCC1C2. The van der Waals surface area contributed by atoms with Crippen molar-refractivity contribution in [2.75, 3.05) is 0 Å². The smallest absolute Gasteiger partial charge is 0.0101 e. The molecule has 0 aliphatic heterocycles. The molecule has 0 saturated heterocycles. The van der Waals surface area contributed by atoms with Crippen molar-refractivity contribution in [1.82, 2.24) is 5.32 Å². The molecule has 0 radical (unpaired) electrons. The van der Waals surface area contributed by atoms with Crippen LogP contribution in [0.15, 0.2) is 0 Å². The van der Waals surface area contributed by atoms with E-state index in [2.05, 4.69) is 12.2 Å². The summed E-state index contributed by atoms with van der Waals surface area (Å²) in [7, 11) is 0. The quantitative estimate of drug-likeness (QED) is 0.732. The molecule has 3 saturated carbocycles. The summed E-state index contributed by atoms with van der Waals surface area (Å²) in [5.41, 5.74) is 0. The zero-order chi connectivity index (χ0) is 10.3. The summed E-state index contributed by atoms with van der Waals surface area (Å²) >= 11 is 0. The molecule has 3 rings (SSSR count). The molecular formula is C14H25N. The van der Waals surface area contributed by atoms with E-state index in [1.54, 1.807) is 6.42 Å². The van der Waals surface area contributed by atoms with Crippen molar-refractivity contribution in [2.24, 2.45) is 17.8 Å². The highest BCUT2D eigenvalue weighted by Crippen LogP contribution is 2.45. The molecule has 3 aliphatic carbocycles. The summed E-state index contributed by atoms with van der Waals surface area (Å²) in [4.78, 5) is 0. The Morgan fingerprint density at radius 1 is 0.867 bits per heavy atom. The molecule has 5 unspecified atom stereocenters. The van der Waals surface area contributed by atoms with E-state index in [0.29, 0.717) is 0 Å². The van der Waals surface area contributed by atoms with E-state index in [1.165, 1.54) is 44.9 Å². The summed E-state index contributed by atoms with van der Waals surface area (Å²) in [6, 6.07) is 1.75. The van der Waals surface area contributed by atoms with Gasteiger partial charge in [0.25, 0.3) is 0 Å². The topological polar surface area (TPSA) is 12.0 Å². The van der Waals surface area contributed by atoms with Crippen LogP contribution >= 0.6 is 0 Å². The monoisotopic (exact) mass is 207 g/mol. The van der Waals surface area contributed by atoms with Crippen LogP contribution in [0.25, 0.3) is 0 Å². The summed E-state index contributed by atoms with van der Waals surface area (Å²) in [5.74, 6) is 3.06. The second kappa shape index (κ2) is 4.08. The summed E-state index contributed by atoms with van der Waals surface area (Å²) in [6.07, 6.45) is 11.9. The maximum absolute atomic E-state index is 4.00. The van der Waals surface area contributed by atoms with Crippen LogP contribution in [0.3, 0.4) is 0 Å². The molecule has 5 atom stereocenters. The van der Waals surface area contributed by atoms with Crippen molar-refractivity contribution in [2.45, 2.75) is 70.4 Å². The van der Waals surface area contributed by atoms with Crippen molar-refractivity contribution in [3.63, 3.8) is 0 Å². The molecule has 0 spiro atoms. The number of nitrogens with one attached hydrogen (secondary N) is 1. The van der Waals surface area contributed by atoms with Crippen LogP contribution in [0, 0.1) is 17.8 Å². The Balaban J connectivity index is 1.56. The predicted molar refractivity (Wildman–Crippen MR) is 63.8 cm³/mol. The third-order valence-corrected chi connectivity index (χ3v) is 5.28. The van der Waals surface area contributed by atoms with Gasteiger partial charge in [0.05, 0.1) is 0 Å². The van der Waals surface area contributed by atoms with Gasteiger partial charge in [0, 0.05) is 12.1 Å². The van der Waals surface area contributed by atoms with Crippen LogP contribution in [0.4, 0.5) is 0 Å². The third-order valence-electron chi connectivity index (χ3n) is 5.28. The zero-order valence-corrected chi connectivity index (χ0v) is 10.0. The number of hydrogen-bond donors (Lipinski definition) is 1. The largest absolute Gasteiger partial charge is 0.311 e. The van der Waals surface area contributed by atoms with Crippen LogP contribution in [0.2, 0.25) is 0 Å². The van der Waals surface area contributed by atoms with Crippen molar-refractivity contribution in [1.29, 1.82) is 0 Å². The molecule has 0 aromatic rings. The lowest BCUT2D eigenvalue weighted by Gasteiger charge is -2.35. The van der Waals surface area contributed by atoms with Crippen LogP contribution in [0.5, 0.6) is 0 Å². The molecular weight excluding hydrogens is 182 g/mol. The maximum Gasteiger partial charge on any atom is 0.0101 e. The predicted octanol–water partition coefficient (Wildman–Crippen LogP) is 3.34. The highest BCUT2D eigenvalue weighted by atomic mass is 15.0. The van der Waals surface area contributed by atoms with Crippen LogP contribution < -0.4 is 5.32 Å². The first-order chi connectivity index (χ1) is 7.33. The fourth-order valence-electron chi connectivity index (χ4n) is 4.29. The van der Waals surface area contributed by atoms with Gasteiger partial charge >= 0.3 is 0 Å². The molecule has 0 amide bonds. The Bertz CT molecular complexity index is 225. The lowest BCUT2D eigenvalue weighted by atomic mass is 9.84. The second-order valence-corrected chi connectivity index (χ2v) is 6.32. The first-order valence-corrected chi connectivity index (χ1v) is 7.09. The van der Waals surface area contributed by atoms with Gasteiger partial charge in [-0.1, -0.05) is 26.2 Å². The Morgan fingerprint density at radius 2 is 1.73 bits per heavy atom. The van der Waals surface area contributed by atoms with Crippen LogP contribution in [0.1, 0.15) is 58.3 Å². The molecule has 15 heavy (non-hydrogen) atoms. The van der Waals surface area contributed by atoms with E-state index in [9.17, 15) is 0 Å². The highest BCUT2D eigenvalue weighted by molar-refractivity contribution is 4.96. The normalized spacial score (nSPS) is 49.8. The van der Waals surface area contributed by atoms with Gasteiger partial charge in [-0.25, -0.2) is 0 Å². The number of hydrogen-bond acceptors (Lipinski definition) is 1. The number of rotatable bonds is 2. The molecule has 86 valence electrons. The fraction of sp³-hybridized carbons (Fsp3) is 1.00. The Morgan fingerprint density at radius 3 is 2.40 bits per heavy atom. The average Bonchev–Trinajstić information content (AvgIpc) is 2.83. The maximum atomic E-state index is 4.00. The van der Waals surface area contributed by atoms with Gasteiger partial charge < -0.3 is 5.32 Å². The van der Waals surface area contributed by atoms with Gasteiger partial charge in [0.2, 0.25) is 0 Å². The lowest BCUT2D eigenvalue weighted by Crippen LogP contribution is -2.45. The van der Waals surface area contributed by atoms with E-state index < -0.39 is 0 Å². The molecule has 1 nitrogen and oxygen atoms in total. The Labute approximate surface area is 94.0 Å². The van der Waals surface area contributed by atoms with Crippen molar-refractivity contribution >= 4 is 0 Å². The minimum absolute atomic E-state index is 0.850. The van der Waals surface area contributed by atoms with E-state index in [0.717, 1.165) is 29.8 Å². The Kier molecular flexibility index (Phi) is 2.76. The summed E-state index contributed by atoms with van der Waals surface area (Å²) < 4.78 is 0. The molecule has 0 aromatic carbocycles. The molecule has 0 heterocycles. The second-order valence-electron chi connectivity index (χ2n) is 6.32. The van der Waals surface area contributed by atoms with Gasteiger partial charge in [0.15, 0.2) is 0 Å². The van der Waals surface area contributed by atoms with E-state index in [4.69, 9.17) is 0 Å². The average molecular weight is 207 g/mol. The highest BCUT2D eigenvalue weighted by Gasteiger charge is 2.40. The first kappa shape index (κ1) is 10.1. The Hall–Kier alpha value is -0.0400. The molecule has 0 aromatic heterocycles. The minimum Gasteiger partial charge on any atom is -0.311 e. The minimum atomic E-state index is 0.850. The molecule has 3 fully saturated rings. The summed E-state index contributed by atoms with van der Waals surface area (Å²) in [6.45, 7) is 2.45. The van der Waals surface area contributed by atoms with Gasteiger partial charge in [-0.3, -0.25) is 0 Å². The summed E-state index contributed by atoms with van der Waals surface area (Å²) in [5, 5.41) is 4.00. The van der Waals surface area contributed by atoms with Crippen molar-refractivity contribution in [3.8, 4) is 0 Å². The van der Waals surface area contributed by atoms with Gasteiger partial charge in [-0.15, -0.1) is 0 Å². The van der Waals surface area contributed by atoms with Crippen LogP contribution in [-0.2, 0) is 0 Å². The lowest BCUT2D eigenvalue weighted by molar-refractivity contribution is 0.227. The van der Waals surface area contributed by atoms with E-state index >= 15 is 0 Å². The molecule has 1 N–H and O–H groups in total. The number of fused-ring (bicyclic) bond motifs is 2.